The molecule has 72 valence electrons. The van der Waals surface area contributed by atoms with Crippen LogP contribution in [0, 0.1) is 11.8 Å². The topological polar surface area (TPSA) is 43.1 Å². The zero-order valence-electron chi connectivity index (χ0n) is 8.47. The summed E-state index contributed by atoms with van der Waals surface area (Å²) in [4.78, 5) is 11.1. The first-order chi connectivity index (χ1) is 5.67. The second kappa shape index (κ2) is 6.04. The van der Waals surface area contributed by atoms with E-state index in [1.54, 1.807) is 0 Å². The summed E-state index contributed by atoms with van der Waals surface area (Å²) in [6.07, 6.45) is 4.11. The number of amides is 1. The monoisotopic (exact) mass is 171 g/mol. The van der Waals surface area contributed by atoms with Crippen LogP contribution in [0.3, 0.4) is 0 Å². The molecule has 2 N–H and O–H groups in total. The van der Waals surface area contributed by atoms with E-state index >= 15 is 0 Å². The summed E-state index contributed by atoms with van der Waals surface area (Å²) in [5.41, 5.74) is 5.34. The van der Waals surface area contributed by atoms with E-state index in [-0.39, 0.29) is 11.8 Å². The molecule has 0 aliphatic rings. The second-order valence-electron chi connectivity index (χ2n) is 3.37. The third-order valence-corrected chi connectivity index (χ3v) is 2.58. The maximum atomic E-state index is 11.1. The van der Waals surface area contributed by atoms with Crippen molar-refractivity contribution in [2.75, 3.05) is 0 Å². The highest BCUT2D eigenvalue weighted by molar-refractivity contribution is 5.76. The molecule has 0 aromatic carbocycles. The fourth-order valence-electron chi connectivity index (χ4n) is 1.78. The van der Waals surface area contributed by atoms with Crippen LogP contribution in [0.4, 0.5) is 0 Å². The molecule has 0 saturated heterocycles. The van der Waals surface area contributed by atoms with Crippen molar-refractivity contribution in [1.82, 2.24) is 0 Å². The molecule has 0 heterocycles. The third kappa shape index (κ3) is 3.24. The van der Waals surface area contributed by atoms with E-state index in [2.05, 4.69) is 20.8 Å². The lowest BCUT2D eigenvalue weighted by molar-refractivity contribution is -0.123. The van der Waals surface area contributed by atoms with Crippen molar-refractivity contribution in [2.45, 2.75) is 46.5 Å². The van der Waals surface area contributed by atoms with Crippen molar-refractivity contribution in [1.29, 1.82) is 0 Å². The van der Waals surface area contributed by atoms with Crippen LogP contribution in [0.15, 0.2) is 0 Å². The molecule has 0 spiro atoms. The minimum atomic E-state index is -0.120. The smallest absolute Gasteiger partial charge is 0.220 e. The van der Waals surface area contributed by atoms with Gasteiger partial charge in [0.1, 0.15) is 0 Å². The van der Waals surface area contributed by atoms with Crippen LogP contribution in [-0.2, 0) is 4.79 Å². The zero-order valence-corrected chi connectivity index (χ0v) is 8.47. The summed E-state index contributed by atoms with van der Waals surface area (Å²) in [6, 6.07) is 0. The lowest BCUT2D eigenvalue weighted by Gasteiger charge is -2.21. The molecule has 2 heteroatoms. The Labute approximate surface area is 75.5 Å². The largest absolute Gasteiger partial charge is 0.369 e. The second-order valence-corrected chi connectivity index (χ2v) is 3.37. The number of carbonyl (C=O) groups excluding carboxylic acids is 1. The quantitative estimate of drug-likeness (QED) is 0.655. The highest BCUT2D eigenvalue weighted by atomic mass is 16.1. The molecule has 1 unspecified atom stereocenters. The van der Waals surface area contributed by atoms with Crippen LogP contribution in [0.25, 0.3) is 0 Å². The Hall–Kier alpha value is -0.530. The number of nitrogens with two attached hydrogens (primary N) is 1. The van der Waals surface area contributed by atoms with Gasteiger partial charge in [-0.15, -0.1) is 0 Å². The highest BCUT2D eigenvalue weighted by Gasteiger charge is 2.22. The summed E-state index contributed by atoms with van der Waals surface area (Å²) in [6.45, 7) is 6.35. The first-order valence-electron chi connectivity index (χ1n) is 4.96. The van der Waals surface area contributed by atoms with Crippen LogP contribution >= 0.6 is 0 Å². The molecule has 0 bridgehead atoms. The lowest BCUT2D eigenvalue weighted by atomic mass is 9.84. The number of primary amides is 1. The van der Waals surface area contributed by atoms with Gasteiger partial charge >= 0.3 is 0 Å². The summed E-state index contributed by atoms with van der Waals surface area (Å²) in [7, 11) is 0. The molecule has 12 heavy (non-hydrogen) atoms. The number of hydrogen-bond acceptors (Lipinski definition) is 1. The number of carbonyl (C=O) groups is 1. The van der Waals surface area contributed by atoms with Gasteiger partial charge in [-0.1, -0.05) is 40.0 Å². The van der Waals surface area contributed by atoms with E-state index < -0.39 is 0 Å². The van der Waals surface area contributed by atoms with Gasteiger partial charge in [0.15, 0.2) is 0 Å². The molecular weight excluding hydrogens is 150 g/mol. The molecule has 0 aliphatic heterocycles. The van der Waals surface area contributed by atoms with E-state index in [1.165, 1.54) is 0 Å². The van der Waals surface area contributed by atoms with Crippen molar-refractivity contribution in [3.05, 3.63) is 0 Å². The standard InChI is InChI=1S/C10H21NO/c1-4-7-9(10(11)12)8(5-2)6-3/h8-9H,4-7H2,1-3H3,(H2,11,12). The Morgan fingerprint density at radius 2 is 1.75 bits per heavy atom. The average Bonchev–Trinajstić information content (AvgIpc) is 2.05. The minimum absolute atomic E-state index is 0.102. The van der Waals surface area contributed by atoms with Gasteiger partial charge in [0, 0.05) is 5.92 Å². The maximum Gasteiger partial charge on any atom is 0.220 e. The Kier molecular flexibility index (Phi) is 5.77. The van der Waals surface area contributed by atoms with Crippen LogP contribution in [0.1, 0.15) is 46.5 Å². The molecule has 0 aromatic heterocycles. The first-order valence-corrected chi connectivity index (χ1v) is 4.96. The van der Waals surface area contributed by atoms with Gasteiger partial charge in [-0.25, -0.2) is 0 Å². The van der Waals surface area contributed by atoms with Gasteiger partial charge in [0.2, 0.25) is 5.91 Å². The lowest BCUT2D eigenvalue weighted by Crippen LogP contribution is -2.29. The zero-order chi connectivity index (χ0) is 9.56. The van der Waals surface area contributed by atoms with Crippen LogP contribution < -0.4 is 5.73 Å². The van der Waals surface area contributed by atoms with Crippen molar-refractivity contribution in [2.24, 2.45) is 17.6 Å². The minimum Gasteiger partial charge on any atom is -0.369 e. The van der Waals surface area contributed by atoms with Crippen LogP contribution in [0.5, 0.6) is 0 Å². The van der Waals surface area contributed by atoms with E-state index in [4.69, 9.17) is 5.73 Å². The molecule has 0 radical (unpaired) electrons. The highest BCUT2D eigenvalue weighted by Crippen LogP contribution is 2.23. The predicted molar refractivity (Wildman–Crippen MR) is 51.7 cm³/mol. The SMILES string of the molecule is CCCC(C(N)=O)C(CC)CC. The van der Waals surface area contributed by atoms with Crippen molar-refractivity contribution < 1.29 is 4.79 Å². The van der Waals surface area contributed by atoms with Gasteiger partial charge in [0.05, 0.1) is 0 Å². The van der Waals surface area contributed by atoms with Crippen molar-refractivity contribution >= 4 is 5.91 Å². The van der Waals surface area contributed by atoms with E-state index in [0.717, 1.165) is 25.7 Å². The fraction of sp³-hybridized carbons (Fsp3) is 0.900. The van der Waals surface area contributed by atoms with E-state index in [0.29, 0.717) is 5.92 Å². The predicted octanol–water partition coefficient (Wildman–Crippen LogP) is 2.32. The Bertz CT molecular complexity index is 130. The van der Waals surface area contributed by atoms with Crippen molar-refractivity contribution in [3.63, 3.8) is 0 Å². The maximum absolute atomic E-state index is 11.1. The number of hydrogen-bond donors (Lipinski definition) is 1. The molecule has 1 amide bonds. The molecule has 0 aliphatic carbocycles. The average molecular weight is 171 g/mol. The molecule has 2 nitrogen and oxygen atoms in total. The Morgan fingerprint density at radius 3 is 2.00 bits per heavy atom. The Balaban J connectivity index is 4.15. The van der Waals surface area contributed by atoms with Crippen LogP contribution in [0.2, 0.25) is 0 Å². The molecular formula is C10H21NO. The summed E-state index contributed by atoms with van der Waals surface area (Å²) >= 11 is 0. The van der Waals surface area contributed by atoms with Gasteiger partial charge in [-0.3, -0.25) is 4.79 Å². The summed E-state index contributed by atoms with van der Waals surface area (Å²) in [5.74, 6) is 0.470. The van der Waals surface area contributed by atoms with Crippen molar-refractivity contribution in [3.8, 4) is 0 Å². The van der Waals surface area contributed by atoms with E-state index in [1.807, 2.05) is 0 Å². The molecule has 0 aromatic rings. The van der Waals surface area contributed by atoms with E-state index in [9.17, 15) is 4.79 Å². The Morgan fingerprint density at radius 1 is 1.25 bits per heavy atom. The van der Waals surface area contributed by atoms with Gasteiger partial charge in [0.25, 0.3) is 0 Å². The molecule has 1 atom stereocenters. The van der Waals surface area contributed by atoms with Crippen LogP contribution in [-0.4, -0.2) is 5.91 Å². The first kappa shape index (κ1) is 11.5. The van der Waals surface area contributed by atoms with Gasteiger partial charge in [-0.05, 0) is 12.3 Å². The molecule has 0 rings (SSSR count). The summed E-state index contributed by atoms with van der Waals surface area (Å²) in [5, 5.41) is 0. The molecule has 0 fully saturated rings. The van der Waals surface area contributed by atoms with Gasteiger partial charge < -0.3 is 5.73 Å². The number of rotatable bonds is 6. The third-order valence-electron chi connectivity index (χ3n) is 2.58. The molecule has 0 saturated carbocycles. The summed E-state index contributed by atoms with van der Waals surface area (Å²) < 4.78 is 0. The fourth-order valence-corrected chi connectivity index (χ4v) is 1.78. The van der Waals surface area contributed by atoms with Gasteiger partial charge in [-0.2, -0.15) is 0 Å². The normalized spacial score (nSPS) is 13.3.